The molecule has 0 unspecified atom stereocenters. The molecule has 0 saturated carbocycles. The van der Waals surface area contributed by atoms with Gasteiger partial charge >= 0.3 is 5.97 Å². The van der Waals surface area contributed by atoms with Gasteiger partial charge in [-0.05, 0) is 18.9 Å². The minimum Gasteiger partial charge on any atom is -0.481 e. The van der Waals surface area contributed by atoms with Gasteiger partial charge in [-0.3, -0.25) is 4.79 Å². The Morgan fingerprint density at radius 3 is 2.91 bits per heavy atom. The van der Waals surface area contributed by atoms with Gasteiger partial charge in [0.05, 0.1) is 12.5 Å². The number of aliphatic carboxylic acids is 1. The lowest BCUT2D eigenvalue weighted by atomic mass is 9.89. The first-order valence-electron chi connectivity index (χ1n) is 3.76. The fourth-order valence-electron chi connectivity index (χ4n) is 1.34. The van der Waals surface area contributed by atoms with Crippen LogP contribution >= 0.6 is 0 Å². The molecule has 1 saturated heterocycles. The number of carboxylic acids is 1. The van der Waals surface area contributed by atoms with E-state index in [1.165, 1.54) is 0 Å². The highest BCUT2D eigenvalue weighted by atomic mass is 16.5. The SMILES string of the molecule is NC[C@@H]1CCOC[C@H]1C(=O)O. The maximum Gasteiger partial charge on any atom is 0.309 e. The molecular weight excluding hydrogens is 146 g/mol. The van der Waals surface area contributed by atoms with Gasteiger partial charge in [-0.25, -0.2) is 0 Å². The topological polar surface area (TPSA) is 72.5 Å². The molecule has 1 heterocycles. The monoisotopic (exact) mass is 159 g/mol. The van der Waals surface area contributed by atoms with Gasteiger partial charge in [0.15, 0.2) is 0 Å². The van der Waals surface area contributed by atoms with E-state index in [0.717, 1.165) is 6.42 Å². The number of hydrogen-bond acceptors (Lipinski definition) is 3. The molecule has 1 aliphatic heterocycles. The average molecular weight is 159 g/mol. The summed E-state index contributed by atoms with van der Waals surface area (Å²) in [4.78, 5) is 10.6. The van der Waals surface area contributed by atoms with Gasteiger partial charge in [0.1, 0.15) is 0 Å². The van der Waals surface area contributed by atoms with Crippen LogP contribution in [-0.2, 0) is 9.53 Å². The minimum atomic E-state index is -0.792. The predicted molar refractivity (Wildman–Crippen MR) is 39.1 cm³/mol. The lowest BCUT2D eigenvalue weighted by Gasteiger charge is -2.27. The molecule has 0 aromatic rings. The van der Waals surface area contributed by atoms with Gasteiger partial charge in [0.25, 0.3) is 0 Å². The Labute approximate surface area is 65.3 Å². The van der Waals surface area contributed by atoms with Gasteiger partial charge in [-0.2, -0.15) is 0 Å². The summed E-state index contributed by atoms with van der Waals surface area (Å²) < 4.78 is 5.04. The molecule has 11 heavy (non-hydrogen) atoms. The first-order valence-corrected chi connectivity index (χ1v) is 3.76. The summed E-state index contributed by atoms with van der Waals surface area (Å²) in [5.41, 5.74) is 5.41. The third kappa shape index (κ3) is 1.91. The van der Waals surface area contributed by atoms with Crippen LogP contribution in [0.15, 0.2) is 0 Å². The molecule has 1 aliphatic rings. The van der Waals surface area contributed by atoms with E-state index in [2.05, 4.69) is 0 Å². The average Bonchev–Trinajstić information content (AvgIpc) is 2.04. The lowest BCUT2D eigenvalue weighted by Crippen LogP contribution is -2.37. The highest BCUT2D eigenvalue weighted by molar-refractivity contribution is 5.70. The number of hydrogen-bond donors (Lipinski definition) is 2. The number of nitrogens with two attached hydrogens (primary N) is 1. The molecule has 0 amide bonds. The summed E-state index contributed by atoms with van der Waals surface area (Å²) >= 11 is 0. The van der Waals surface area contributed by atoms with Crippen molar-refractivity contribution in [2.24, 2.45) is 17.6 Å². The van der Waals surface area contributed by atoms with E-state index in [1.54, 1.807) is 0 Å². The second kappa shape index (κ2) is 3.69. The first-order chi connectivity index (χ1) is 5.25. The van der Waals surface area contributed by atoms with E-state index < -0.39 is 11.9 Å². The quantitative estimate of drug-likeness (QED) is 0.579. The molecule has 0 bridgehead atoms. The molecule has 0 aromatic carbocycles. The number of ether oxygens (including phenoxy) is 1. The van der Waals surface area contributed by atoms with E-state index in [-0.39, 0.29) is 5.92 Å². The van der Waals surface area contributed by atoms with E-state index in [0.29, 0.717) is 19.8 Å². The van der Waals surface area contributed by atoms with Crippen LogP contribution in [0.1, 0.15) is 6.42 Å². The van der Waals surface area contributed by atoms with Gasteiger partial charge in [-0.1, -0.05) is 0 Å². The zero-order valence-electron chi connectivity index (χ0n) is 6.32. The summed E-state index contributed by atoms with van der Waals surface area (Å²) in [6.45, 7) is 1.41. The Morgan fingerprint density at radius 2 is 2.45 bits per heavy atom. The third-order valence-corrected chi connectivity index (χ3v) is 2.12. The predicted octanol–water partition coefficient (Wildman–Crippen LogP) is -0.318. The van der Waals surface area contributed by atoms with Crippen LogP contribution in [0.5, 0.6) is 0 Å². The maximum absolute atomic E-state index is 10.6. The van der Waals surface area contributed by atoms with Crippen LogP contribution in [0.3, 0.4) is 0 Å². The highest BCUT2D eigenvalue weighted by Crippen LogP contribution is 2.20. The van der Waals surface area contributed by atoms with E-state index in [1.807, 2.05) is 0 Å². The van der Waals surface area contributed by atoms with Crippen LogP contribution in [0.25, 0.3) is 0 Å². The van der Waals surface area contributed by atoms with E-state index in [4.69, 9.17) is 15.6 Å². The summed E-state index contributed by atoms with van der Waals surface area (Å²) in [5, 5.41) is 8.70. The van der Waals surface area contributed by atoms with Crippen molar-refractivity contribution >= 4 is 5.97 Å². The molecule has 2 atom stereocenters. The van der Waals surface area contributed by atoms with Gasteiger partial charge in [0.2, 0.25) is 0 Å². The van der Waals surface area contributed by atoms with Crippen molar-refractivity contribution in [3.8, 4) is 0 Å². The summed E-state index contributed by atoms with van der Waals surface area (Å²) in [7, 11) is 0. The summed E-state index contributed by atoms with van der Waals surface area (Å²) in [6, 6.07) is 0. The van der Waals surface area contributed by atoms with Crippen molar-refractivity contribution in [3.05, 3.63) is 0 Å². The zero-order chi connectivity index (χ0) is 8.27. The Kier molecular flexibility index (Phi) is 2.84. The molecular formula is C7H13NO3. The van der Waals surface area contributed by atoms with Crippen molar-refractivity contribution in [3.63, 3.8) is 0 Å². The normalized spacial score (nSPS) is 31.7. The van der Waals surface area contributed by atoms with Crippen LogP contribution in [0.4, 0.5) is 0 Å². The fourth-order valence-corrected chi connectivity index (χ4v) is 1.34. The van der Waals surface area contributed by atoms with Gasteiger partial charge in [0, 0.05) is 6.61 Å². The van der Waals surface area contributed by atoms with Crippen LogP contribution in [0, 0.1) is 11.8 Å². The lowest BCUT2D eigenvalue weighted by molar-refractivity contribution is -0.149. The molecule has 0 aliphatic carbocycles. The zero-order valence-corrected chi connectivity index (χ0v) is 6.32. The van der Waals surface area contributed by atoms with Crippen LogP contribution in [0.2, 0.25) is 0 Å². The van der Waals surface area contributed by atoms with Crippen molar-refractivity contribution < 1.29 is 14.6 Å². The standard InChI is InChI=1S/C7H13NO3/c8-3-5-1-2-11-4-6(5)7(9)10/h5-6H,1-4,8H2,(H,9,10)/t5-,6+/m0/s1. The summed E-state index contributed by atoms with van der Waals surface area (Å²) in [5.74, 6) is -1.09. The Hall–Kier alpha value is -0.610. The van der Waals surface area contributed by atoms with Crippen LogP contribution in [-0.4, -0.2) is 30.8 Å². The first kappa shape index (κ1) is 8.49. The molecule has 3 N–H and O–H groups in total. The highest BCUT2D eigenvalue weighted by Gasteiger charge is 2.30. The Morgan fingerprint density at radius 1 is 1.73 bits per heavy atom. The molecule has 4 heteroatoms. The summed E-state index contributed by atoms with van der Waals surface area (Å²) in [6.07, 6.45) is 0.771. The molecule has 0 aromatic heterocycles. The second-order valence-electron chi connectivity index (χ2n) is 2.80. The minimum absolute atomic E-state index is 0.0984. The molecule has 1 fully saturated rings. The third-order valence-electron chi connectivity index (χ3n) is 2.12. The van der Waals surface area contributed by atoms with Crippen LogP contribution < -0.4 is 5.73 Å². The molecule has 1 rings (SSSR count). The van der Waals surface area contributed by atoms with Gasteiger partial charge in [-0.15, -0.1) is 0 Å². The molecule has 0 radical (unpaired) electrons. The number of rotatable bonds is 2. The van der Waals surface area contributed by atoms with E-state index in [9.17, 15) is 4.79 Å². The molecule has 64 valence electrons. The maximum atomic E-state index is 10.6. The van der Waals surface area contributed by atoms with Crippen molar-refractivity contribution in [2.75, 3.05) is 19.8 Å². The van der Waals surface area contributed by atoms with Crippen molar-refractivity contribution in [1.82, 2.24) is 0 Å². The number of carbonyl (C=O) groups is 1. The molecule has 0 spiro atoms. The smallest absolute Gasteiger partial charge is 0.309 e. The molecule has 4 nitrogen and oxygen atoms in total. The van der Waals surface area contributed by atoms with E-state index >= 15 is 0 Å². The Bertz CT molecular complexity index is 149. The Balaban J connectivity index is 2.51. The van der Waals surface area contributed by atoms with Gasteiger partial charge < -0.3 is 15.6 Å². The van der Waals surface area contributed by atoms with Crippen molar-refractivity contribution in [1.29, 1.82) is 0 Å². The van der Waals surface area contributed by atoms with Crippen molar-refractivity contribution in [2.45, 2.75) is 6.42 Å². The fraction of sp³-hybridized carbons (Fsp3) is 0.857. The largest absolute Gasteiger partial charge is 0.481 e. The second-order valence-corrected chi connectivity index (χ2v) is 2.80. The number of carboxylic acid groups (broad SMARTS) is 1.